The quantitative estimate of drug-likeness (QED) is 0.682. The molecule has 14 heavy (non-hydrogen) atoms. The van der Waals surface area contributed by atoms with Gasteiger partial charge in [0.15, 0.2) is 0 Å². The van der Waals surface area contributed by atoms with E-state index in [2.05, 4.69) is 10.6 Å². The van der Waals surface area contributed by atoms with E-state index < -0.39 is 0 Å². The molecule has 0 aliphatic heterocycles. The van der Waals surface area contributed by atoms with Crippen molar-refractivity contribution in [1.82, 2.24) is 0 Å². The SMILES string of the molecule is COc1cc(NC=O)ccc1NC=O. The van der Waals surface area contributed by atoms with Gasteiger partial charge in [-0.2, -0.15) is 0 Å². The van der Waals surface area contributed by atoms with E-state index >= 15 is 0 Å². The molecule has 0 heterocycles. The Bertz CT molecular complexity index is 339. The molecule has 0 aliphatic rings. The van der Waals surface area contributed by atoms with Crippen molar-refractivity contribution in [3.8, 4) is 5.75 Å². The summed E-state index contributed by atoms with van der Waals surface area (Å²) in [5.74, 6) is 0.490. The lowest BCUT2D eigenvalue weighted by atomic mass is 10.2. The number of hydrogen-bond donors (Lipinski definition) is 2. The van der Waals surface area contributed by atoms with E-state index in [0.717, 1.165) is 0 Å². The lowest BCUT2D eigenvalue weighted by molar-refractivity contribution is -0.106. The van der Waals surface area contributed by atoms with Crippen LogP contribution in [-0.4, -0.2) is 19.9 Å². The second-order valence-electron chi connectivity index (χ2n) is 2.44. The van der Waals surface area contributed by atoms with Gasteiger partial charge in [-0.3, -0.25) is 9.59 Å². The lowest BCUT2D eigenvalue weighted by Crippen LogP contribution is -1.99. The highest BCUT2D eigenvalue weighted by atomic mass is 16.5. The molecular weight excluding hydrogens is 184 g/mol. The van der Waals surface area contributed by atoms with Crippen molar-refractivity contribution < 1.29 is 14.3 Å². The smallest absolute Gasteiger partial charge is 0.211 e. The van der Waals surface area contributed by atoms with Crippen LogP contribution in [0, 0.1) is 0 Å². The molecule has 0 unspecified atom stereocenters. The van der Waals surface area contributed by atoms with Gasteiger partial charge in [-0.05, 0) is 12.1 Å². The van der Waals surface area contributed by atoms with Crippen LogP contribution in [0.25, 0.3) is 0 Å². The molecular formula is C9H10N2O3. The number of hydrogen-bond acceptors (Lipinski definition) is 3. The molecule has 74 valence electrons. The first-order chi connectivity index (χ1) is 6.81. The molecule has 1 aromatic carbocycles. The maximum Gasteiger partial charge on any atom is 0.211 e. The number of anilines is 2. The van der Waals surface area contributed by atoms with Crippen LogP contribution in [0.5, 0.6) is 5.75 Å². The average Bonchev–Trinajstić information content (AvgIpc) is 2.21. The van der Waals surface area contributed by atoms with E-state index in [9.17, 15) is 9.59 Å². The molecule has 5 nitrogen and oxygen atoms in total. The zero-order chi connectivity index (χ0) is 10.4. The van der Waals surface area contributed by atoms with Gasteiger partial charge in [0.05, 0.1) is 12.8 Å². The van der Waals surface area contributed by atoms with E-state index in [4.69, 9.17) is 4.74 Å². The summed E-state index contributed by atoms with van der Waals surface area (Å²) in [5, 5.41) is 4.95. The minimum atomic E-state index is 0.490. The third-order valence-corrected chi connectivity index (χ3v) is 1.64. The molecule has 0 saturated heterocycles. The van der Waals surface area contributed by atoms with Crippen molar-refractivity contribution in [2.24, 2.45) is 0 Å². The number of amides is 2. The van der Waals surface area contributed by atoms with Crippen LogP contribution in [0.4, 0.5) is 11.4 Å². The molecule has 2 N–H and O–H groups in total. The summed E-state index contributed by atoms with van der Waals surface area (Å²) >= 11 is 0. The maximum absolute atomic E-state index is 10.2. The van der Waals surface area contributed by atoms with Gasteiger partial charge in [0.2, 0.25) is 12.8 Å². The number of rotatable bonds is 5. The number of ether oxygens (including phenoxy) is 1. The van der Waals surface area contributed by atoms with Crippen molar-refractivity contribution in [2.45, 2.75) is 0 Å². The summed E-state index contributed by atoms with van der Waals surface area (Å²) in [6.07, 6.45) is 1.13. The summed E-state index contributed by atoms with van der Waals surface area (Å²) in [7, 11) is 1.48. The predicted molar refractivity (Wildman–Crippen MR) is 52.4 cm³/mol. The molecule has 0 radical (unpaired) electrons. The lowest BCUT2D eigenvalue weighted by Gasteiger charge is -2.08. The minimum absolute atomic E-state index is 0.490. The summed E-state index contributed by atoms with van der Waals surface area (Å²) in [5.41, 5.74) is 1.16. The molecule has 0 aromatic heterocycles. The van der Waals surface area contributed by atoms with Crippen LogP contribution in [0.3, 0.4) is 0 Å². The fourth-order valence-corrected chi connectivity index (χ4v) is 1.03. The average molecular weight is 194 g/mol. The monoisotopic (exact) mass is 194 g/mol. The second-order valence-corrected chi connectivity index (χ2v) is 2.44. The Morgan fingerprint density at radius 3 is 2.50 bits per heavy atom. The van der Waals surface area contributed by atoms with Crippen molar-refractivity contribution in [1.29, 1.82) is 0 Å². The first-order valence-corrected chi connectivity index (χ1v) is 3.90. The summed E-state index contributed by atoms with van der Waals surface area (Å²) in [6.45, 7) is 0. The highest BCUT2D eigenvalue weighted by Crippen LogP contribution is 2.26. The van der Waals surface area contributed by atoms with E-state index in [1.165, 1.54) is 7.11 Å². The maximum atomic E-state index is 10.2. The number of nitrogens with one attached hydrogen (secondary N) is 2. The van der Waals surface area contributed by atoms with Gasteiger partial charge >= 0.3 is 0 Å². The topological polar surface area (TPSA) is 67.4 Å². The Kier molecular flexibility index (Phi) is 3.49. The van der Waals surface area contributed by atoms with Gasteiger partial charge in [-0.25, -0.2) is 0 Å². The highest BCUT2D eigenvalue weighted by Gasteiger charge is 2.02. The normalized spacial score (nSPS) is 8.93. The Balaban J connectivity index is 2.97. The largest absolute Gasteiger partial charge is 0.494 e. The van der Waals surface area contributed by atoms with Crippen molar-refractivity contribution in [2.75, 3.05) is 17.7 Å². The van der Waals surface area contributed by atoms with E-state index in [-0.39, 0.29) is 0 Å². The van der Waals surface area contributed by atoms with E-state index in [1.807, 2.05) is 0 Å². The first-order valence-electron chi connectivity index (χ1n) is 3.90. The summed E-state index contributed by atoms with van der Waals surface area (Å²) in [6, 6.07) is 4.90. The van der Waals surface area contributed by atoms with E-state index in [1.54, 1.807) is 18.2 Å². The number of methoxy groups -OCH3 is 1. The van der Waals surface area contributed by atoms with Crippen LogP contribution < -0.4 is 15.4 Å². The van der Waals surface area contributed by atoms with Gasteiger partial charge in [0.1, 0.15) is 5.75 Å². The fraction of sp³-hybridized carbons (Fsp3) is 0.111. The molecule has 0 atom stereocenters. The molecule has 1 rings (SSSR count). The minimum Gasteiger partial charge on any atom is -0.494 e. The Hall–Kier alpha value is -2.04. The molecule has 0 aliphatic carbocycles. The van der Waals surface area contributed by atoms with Crippen LogP contribution in [0.15, 0.2) is 18.2 Å². The van der Waals surface area contributed by atoms with Crippen LogP contribution in [0.2, 0.25) is 0 Å². The van der Waals surface area contributed by atoms with Crippen LogP contribution in [0.1, 0.15) is 0 Å². The first kappa shape index (κ1) is 10.0. The molecule has 0 spiro atoms. The van der Waals surface area contributed by atoms with Crippen molar-refractivity contribution >= 4 is 24.2 Å². The van der Waals surface area contributed by atoms with Gasteiger partial charge in [0.25, 0.3) is 0 Å². The zero-order valence-corrected chi connectivity index (χ0v) is 7.61. The molecule has 1 aromatic rings. The number of carbonyl (C=O) groups is 2. The zero-order valence-electron chi connectivity index (χ0n) is 7.61. The number of carbonyl (C=O) groups excluding carboxylic acids is 2. The third kappa shape index (κ3) is 2.22. The van der Waals surface area contributed by atoms with Gasteiger partial charge in [-0.1, -0.05) is 0 Å². The van der Waals surface area contributed by atoms with Gasteiger partial charge in [-0.15, -0.1) is 0 Å². The molecule has 2 amide bonds. The van der Waals surface area contributed by atoms with Gasteiger partial charge in [0, 0.05) is 11.8 Å². The highest BCUT2D eigenvalue weighted by molar-refractivity contribution is 5.79. The predicted octanol–water partition coefficient (Wildman–Crippen LogP) is 0.832. The fourth-order valence-electron chi connectivity index (χ4n) is 1.03. The molecule has 5 heteroatoms. The molecule has 0 saturated carbocycles. The number of benzene rings is 1. The van der Waals surface area contributed by atoms with Crippen molar-refractivity contribution in [3.05, 3.63) is 18.2 Å². The van der Waals surface area contributed by atoms with Gasteiger partial charge < -0.3 is 15.4 Å². The molecule has 0 bridgehead atoms. The second kappa shape index (κ2) is 4.86. The van der Waals surface area contributed by atoms with Crippen LogP contribution >= 0.6 is 0 Å². The standard InChI is InChI=1S/C9H10N2O3/c1-14-9-4-7(10-5-12)2-3-8(9)11-6-13/h2-6H,1H3,(H,10,12)(H,11,13). The Morgan fingerprint density at radius 2 is 1.93 bits per heavy atom. The Labute approximate surface area is 81.1 Å². The summed E-state index contributed by atoms with van der Waals surface area (Å²) < 4.78 is 5.01. The van der Waals surface area contributed by atoms with E-state index in [0.29, 0.717) is 29.9 Å². The Morgan fingerprint density at radius 1 is 1.21 bits per heavy atom. The van der Waals surface area contributed by atoms with Crippen molar-refractivity contribution in [3.63, 3.8) is 0 Å². The molecule has 0 fully saturated rings. The third-order valence-electron chi connectivity index (χ3n) is 1.64. The van der Waals surface area contributed by atoms with Crippen LogP contribution in [-0.2, 0) is 9.59 Å². The summed E-state index contributed by atoms with van der Waals surface area (Å²) in [4.78, 5) is 20.4.